The Morgan fingerprint density at radius 1 is 1.45 bits per heavy atom. The van der Waals surface area contributed by atoms with Crippen molar-refractivity contribution in [3.63, 3.8) is 0 Å². The Labute approximate surface area is 113 Å². The third-order valence-electron chi connectivity index (χ3n) is 2.08. The standard InChI is InChI=1S/C11H12N2O7/c1-3-19-9(14)6-20-10-8(13(16)17)4-7(5-12-10)11(15)18-2/h4-5H,3,6H2,1-2H3. The van der Waals surface area contributed by atoms with Gasteiger partial charge in [0.2, 0.25) is 0 Å². The average molecular weight is 284 g/mol. The van der Waals surface area contributed by atoms with E-state index in [2.05, 4.69) is 14.5 Å². The van der Waals surface area contributed by atoms with Gasteiger partial charge in [0, 0.05) is 12.3 Å². The summed E-state index contributed by atoms with van der Waals surface area (Å²) in [5, 5.41) is 10.9. The molecule has 0 aromatic carbocycles. The third-order valence-corrected chi connectivity index (χ3v) is 2.08. The molecule has 0 atom stereocenters. The minimum absolute atomic E-state index is 0.0947. The van der Waals surface area contributed by atoms with Crippen LogP contribution in [0.5, 0.6) is 5.88 Å². The van der Waals surface area contributed by atoms with E-state index in [1.54, 1.807) is 6.92 Å². The summed E-state index contributed by atoms with van der Waals surface area (Å²) in [4.78, 5) is 36.1. The first kappa shape index (κ1) is 15.3. The van der Waals surface area contributed by atoms with E-state index in [0.717, 1.165) is 19.4 Å². The topological polar surface area (TPSA) is 118 Å². The van der Waals surface area contributed by atoms with Crippen molar-refractivity contribution in [1.82, 2.24) is 4.98 Å². The van der Waals surface area contributed by atoms with Crippen molar-refractivity contribution in [2.75, 3.05) is 20.3 Å². The molecule has 0 amide bonds. The highest BCUT2D eigenvalue weighted by Gasteiger charge is 2.21. The third kappa shape index (κ3) is 3.90. The van der Waals surface area contributed by atoms with E-state index in [0.29, 0.717) is 0 Å². The lowest BCUT2D eigenvalue weighted by Gasteiger charge is -2.06. The zero-order chi connectivity index (χ0) is 15.1. The SMILES string of the molecule is CCOC(=O)COc1ncc(C(=O)OC)cc1[N+](=O)[O-]. The molecule has 0 unspecified atom stereocenters. The Kier molecular flexibility index (Phi) is 5.39. The highest BCUT2D eigenvalue weighted by Crippen LogP contribution is 2.25. The van der Waals surface area contributed by atoms with E-state index < -0.39 is 29.2 Å². The summed E-state index contributed by atoms with van der Waals surface area (Å²) in [5.74, 6) is -1.83. The summed E-state index contributed by atoms with van der Waals surface area (Å²) in [7, 11) is 1.14. The van der Waals surface area contributed by atoms with Crippen molar-refractivity contribution in [3.05, 3.63) is 27.9 Å². The number of nitrogens with zero attached hydrogens (tertiary/aromatic N) is 2. The summed E-state index contributed by atoms with van der Waals surface area (Å²) in [5.41, 5.74) is -0.639. The minimum Gasteiger partial charge on any atom is -0.465 e. The van der Waals surface area contributed by atoms with Crippen LogP contribution >= 0.6 is 0 Å². The summed E-state index contributed by atoms with van der Waals surface area (Å²) < 4.78 is 13.9. The fraction of sp³-hybridized carbons (Fsp3) is 0.364. The number of pyridine rings is 1. The molecule has 9 nitrogen and oxygen atoms in total. The maximum Gasteiger partial charge on any atom is 0.344 e. The van der Waals surface area contributed by atoms with Gasteiger partial charge in [-0.2, -0.15) is 0 Å². The summed E-state index contributed by atoms with van der Waals surface area (Å²) >= 11 is 0. The van der Waals surface area contributed by atoms with Gasteiger partial charge in [-0.3, -0.25) is 10.1 Å². The molecule has 1 aromatic heterocycles. The van der Waals surface area contributed by atoms with E-state index in [4.69, 9.17) is 4.74 Å². The molecule has 1 rings (SSSR count). The highest BCUT2D eigenvalue weighted by molar-refractivity contribution is 5.89. The van der Waals surface area contributed by atoms with Gasteiger partial charge in [-0.05, 0) is 6.92 Å². The largest absolute Gasteiger partial charge is 0.465 e. The molecule has 0 radical (unpaired) electrons. The molecular formula is C11H12N2O7. The van der Waals surface area contributed by atoms with Gasteiger partial charge < -0.3 is 14.2 Å². The highest BCUT2D eigenvalue weighted by atomic mass is 16.6. The number of aromatic nitrogens is 1. The maximum absolute atomic E-state index is 11.3. The van der Waals surface area contributed by atoms with Crippen LogP contribution in [0.25, 0.3) is 0 Å². The van der Waals surface area contributed by atoms with Crippen molar-refractivity contribution in [2.45, 2.75) is 6.92 Å². The number of esters is 2. The molecule has 0 bridgehead atoms. The van der Waals surface area contributed by atoms with Gasteiger partial charge in [0.1, 0.15) is 0 Å². The number of ether oxygens (including phenoxy) is 3. The Hall–Kier alpha value is -2.71. The van der Waals surface area contributed by atoms with Crippen LogP contribution in [0.15, 0.2) is 12.3 Å². The molecule has 20 heavy (non-hydrogen) atoms. The second kappa shape index (κ2) is 7.02. The first-order valence-corrected chi connectivity index (χ1v) is 5.50. The van der Waals surface area contributed by atoms with E-state index in [-0.39, 0.29) is 18.1 Å². The van der Waals surface area contributed by atoms with Crippen LogP contribution in [-0.2, 0) is 14.3 Å². The first-order valence-electron chi connectivity index (χ1n) is 5.50. The molecule has 0 fully saturated rings. The molecule has 0 aliphatic carbocycles. The summed E-state index contributed by atoms with van der Waals surface area (Å²) in [6.45, 7) is 1.27. The van der Waals surface area contributed by atoms with Crippen molar-refractivity contribution < 1.29 is 28.7 Å². The molecule has 0 aliphatic heterocycles. The molecule has 0 saturated carbocycles. The second-order valence-electron chi connectivity index (χ2n) is 3.39. The molecule has 0 aliphatic rings. The van der Waals surface area contributed by atoms with E-state index >= 15 is 0 Å². The smallest absolute Gasteiger partial charge is 0.344 e. The molecule has 0 N–H and O–H groups in total. The molecule has 9 heteroatoms. The number of nitro groups is 1. The lowest BCUT2D eigenvalue weighted by atomic mass is 10.2. The Morgan fingerprint density at radius 3 is 2.70 bits per heavy atom. The van der Waals surface area contributed by atoms with Crippen LogP contribution in [-0.4, -0.2) is 42.2 Å². The van der Waals surface area contributed by atoms with Crippen LogP contribution in [0.3, 0.4) is 0 Å². The van der Waals surface area contributed by atoms with Gasteiger partial charge in [0.15, 0.2) is 6.61 Å². The van der Waals surface area contributed by atoms with E-state index in [9.17, 15) is 19.7 Å². The quantitative estimate of drug-likeness (QED) is 0.426. The minimum atomic E-state index is -0.778. The molecule has 1 aromatic rings. The van der Waals surface area contributed by atoms with Crippen molar-refractivity contribution >= 4 is 17.6 Å². The zero-order valence-electron chi connectivity index (χ0n) is 10.8. The molecule has 1 heterocycles. The summed E-state index contributed by atoms with van der Waals surface area (Å²) in [6.07, 6.45) is 1.05. The average Bonchev–Trinajstić information content (AvgIpc) is 2.44. The lowest BCUT2D eigenvalue weighted by Crippen LogP contribution is -2.16. The van der Waals surface area contributed by atoms with Crippen molar-refractivity contribution in [1.29, 1.82) is 0 Å². The number of hydrogen-bond acceptors (Lipinski definition) is 8. The van der Waals surface area contributed by atoms with E-state index in [1.165, 1.54) is 0 Å². The normalized spacial score (nSPS) is 9.70. The molecule has 0 saturated heterocycles. The van der Waals surface area contributed by atoms with Crippen LogP contribution < -0.4 is 4.74 Å². The molecular weight excluding hydrogens is 272 g/mol. The van der Waals surface area contributed by atoms with Crippen LogP contribution in [0.4, 0.5) is 5.69 Å². The zero-order valence-corrected chi connectivity index (χ0v) is 10.8. The number of methoxy groups -OCH3 is 1. The molecule has 108 valence electrons. The van der Waals surface area contributed by atoms with Gasteiger partial charge in [0.05, 0.1) is 24.2 Å². The fourth-order valence-corrected chi connectivity index (χ4v) is 1.24. The number of rotatable bonds is 6. The Bertz CT molecular complexity index is 530. The lowest BCUT2D eigenvalue weighted by molar-refractivity contribution is -0.386. The van der Waals surface area contributed by atoms with Crippen LogP contribution in [0.1, 0.15) is 17.3 Å². The molecule has 0 spiro atoms. The van der Waals surface area contributed by atoms with Gasteiger partial charge in [-0.1, -0.05) is 0 Å². The van der Waals surface area contributed by atoms with Gasteiger partial charge in [-0.25, -0.2) is 14.6 Å². The fourth-order valence-electron chi connectivity index (χ4n) is 1.24. The van der Waals surface area contributed by atoms with Gasteiger partial charge in [0.25, 0.3) is 5.88 Å². The number of carbonyl (C=O) groups is 2. The van der Waals surface area contributed by atoms with Gasteiger partial charge >= 0.3 is 17.6 Å². The van der Waals surface area contributed by atoms with Gasteiger partial charge in [-0.15, -0.1) is 0 Å². The first-order chi connectivity index (χ1) is 9.49. The summed E-state index contributed by atoms with van der Waals surface area (Å²) in [6, 6.07) is 0.958. The second-order valence-corrected chi connectivity index (χ2v) is 3.39. The number of hydrogen-bond donors (Lipinski definition) is 0. The predicted octanol–water partition coefficient (Wildman–Crippen LogP) is 0.718. The van der Waals surface area contributed by atoms with E-state index in [1.807, 2.05) is 0 Å². The number of carbonyl (C=O) groups excluding carboxylic acids is 2. The van der Waals surface area contributed by atoms with Crippen LogP contribution in [0, 0.1) is 10.1 Å². The maximum atomic E-state index is 11.3. The Morgan fingerprint density at radius 2 is 2.15 bits per heavy atom. The van der Waals surface area contributed by atoms with Crippen LogP contribution in [0.2, 0.25) is 0 Å². The predicted molar refractivity (Wildman–Crippen MR) is 64.4 cm³/mol. The Balaban J connectivity index is 2.93. The monoisotopic (exact) mass is 284 g/mol. The van der Waals surface area contributed by atoms with Crippen molar-refractivity contribution in [3.8, 4) is 5.88 Å². The van der Waals surface area contributed by atoms with Crippen molar-refractivity contribution in [2.24, 2.45) is 0 Å².